The molecule has 2 rings (SSSR count). The topological polar surface area (TPSA) is 66.0 Å². The Bertz CT molecular complexity index is 742. The molecule has 1 aromatic heterocycles. The molecule has 0 radical (unpaired) electrons. The molecule has 1 N–H and O–H groups in total. The Kier molecular flexibility index (Phi) is 3.63. The van der Waals surface area contributed by atoms with Crippen LogP contribution in [0.4, 0.5) is 0 Å². The predicted octanol–water partition coefficient (Wildman–Crippen LogP) is 3.00. The van der Waals surface area contributed by atoms with Crippen molar-refractivity contribution < 1.29 is 5.11 Å². The summed E-state index contributed by atoms with van der Waals surface area (Å²) in [5, 5.41) is 20.2. The zero-order chi connectivity index (χ0) is 14.2. The molecule has 19 heavy (non-hydrogen) atoms. The van der Waals surface area contributed by atoms with Crippen molar-refractivity contribution in [3.05, 3.63) is 38.7 Å². The maximum Gasteiger partial charge on any atom is 0.259 e. The molecule has 2 aromatic rings. The van der Waals surface area contributed by atoms with E-state index in [4.69, 9.17) is 0 Å². The van der Waals surface area contributed by atoms with Crippen molar-refractivity contribution in [3.63, 3.8) is 0 Å². The van der Waals surface area contributed by atoms with Crippen molar-refractivity contribution in [1.29, 1.82) is 5.26 Å². The van der Waals surface area contributed by atoms with E-state index < -0.39 is 0 Å². The van der Waals surface area contributed by atoms with Crippen LogP contribution >= 0.6 is 15.9 Å². The highest BCUT2D eigenvalue weighted by molar-refractivity contribution is 9.10. The number of fused-ring (bicyclic) bond motifs is 1. The van der Waals surface area contributed by atoms with E-state index in [1.165, 1.54) is 4.57 Å². The average Bonchev–Trinajstić information content (AvgIpc) is 2.35. The number of hydrogen-bond donors (Lipinski definition) is 1. The van der Waals surface area contributed by atoms with Gasteiger partial charge in [-0.25, -0.2) is 0 Å². The van der Waals surface area contributed by atoms with E-state index in [1.807, 2.05) is 19.9 Å². The molecule has 5 heteroatoms. The molecular weight excluding hydrogens is 308 g/mol. The summed E-state index contributed by atoms with van der Waals surface area (Å²) in [6, 6.07) is 6.96. The van der Waals surface area contributed by atoms with Gasteiger partial charge in [-0.05, 0) is 24.1 Å². The molecule has 0 saturated carbocycles. The Hall–Kier alpha value is -1.80. The molecule has 0 fully saturated rings. The summed E-state index contributed by atoms with van der Waals surface area (Å²) in [7, 11) is 0. The molecule has 98 valence electrons. The predicted molar refractivity (Wildman–Crippen MR) is 77.1 cm³/mol. The van der Waals surface area contributed by atoms with Crippen LogP contribution in [0.5, 0.6) is 5.75 Å². The van der Waals surface area contributed by atoms with E-state index in [9.17, 15) is 15.2 Å². The van der Waals surface area contributed by atoms with Gasteiger partial charge in [-0.3, -0.25) is 9.36 Å². The van der Waals surface area contributed by atoms with Gasteiger partial charge in [-0.2, -0.15) is 5.26 Å². The van der Waals surface area contributed by atoms with E-state index in [-0.39, 0.29) is 22.9 Å². The molecule has 1 heterocycles. The lowest BCUT2D eigenvalue weighted by atomic mass is 10.1. The molecule has 0 aliphatic carbocycles. The van der Waals surface area contributed by atoms with Crippen LogP contribution in [0.25, 0.3) is 10.8 Å². The van der Waals surface area contributed by atoms with Crippen molar-refractivity contribution in [1.82, 2.24) is 4.57 Å². The van der Waals surface area contributed by atoms with Gasteiger partial charge in [-0.15, -0.1) is 0 Å². The second kappa shape index (κ2) is 5.06. The van der Waals surface area contributed by atoms with Gasteiger partial charge in [0, 0.05) is 16.4 Å². The van der Waals surface area contributed by atoms with E-state index >= 15 is 0 Å². The monoisotopic (exact) mass is 320 g/mol. The molecular formula is C14H13BrN2O2. The molecule has 1 aromatic carbocycles. The Balaban J connectivity index is 2.91. The molecule has 0 amide bonds. The Morgan fingerprint density at radius 2 is 2.11 bits per heavy atom. The maximum absolute atomic E-state index is 12.4. The lowest BCUT2D eigenvalue weighted by Gasteiger charge is -2.14. The first-order valence-corrected chi connectivity index (χ1v) is 6.70. The minimum atomic E-state index is -0.245. The smallest absolute Gasteiger partial charge is 0.259 e. The third-order valence-corrected chi connectivity index (χ3v) is 3.35. The van der Waals surface area contributed by atoms with Gasteiger partial charge in [0.1, 0.15) is 6.07 Å². The van der Waals surface area contributed by atoms with Gasteiger partial charge in [0.25, 0.3) is 5.56 Å². The molecule has 0 bridgehead atoms. The van der Waals surface area contributed by atoms with Crippen molar-refractivity contribution in [2.75, 3.05) is 0 Å². The molecule has 0 unspecified atom stereocenters. The highest BCUT2D eigenvalue weighted by Crippen LogP contribution is 2.28. The van der Waals surface area contributed by atoms with Crippen LogP contribution in [0.1, 0.15) is 19.5 Å². The van der Waals surface area contributed by atoms with Crippen LogP contribution < -0.4 is 5.56 Å². The van der Waals surface area contributed by atoms with E-state index in [1.54, 1.807) is 18.2 Å². The van der Waals surface area contributed by atoms with Gasteiger partial charge in [0.15, 0.2) is 11.4 Å². The lowest BCUT2D eigenvalue weighted by Crippen LogP contribution is -2.25. The molecule has 0 aliphatic heterocycles. The molecule has 0 aliphatic rings. The van der Waals surface area contributed by atoms with Crippen LogP contribution in [0.3, 0.4) is 0 Å². The fraction of sp³-hybridized carbons (Fsp3) is 0.286. The normalized spacial score (nSPS) is 10.9. The van der Waals surface area contributed by atoms with Crippen LogP contribution in [0.15, 0.2) is 27.5 Å². The number of hydrogen-bond acceptors (Lipinski definition) is 3. The van der Waals surface area contributed by atoms with E-state index in [2.05, 4.69) is 15.9 Å². The van der Waals surface area contributed by atoms with Gasteiger partial charge in [0.05, 0.1) is 5.39 Å². The second-order valence-corrected chi connectivity index (χ2v) is 5.72. The number of nitrogens with zero attached hydrogens (tertiary/aromatic N) is 2. The van der Waals surface area contributed by atoms with Crippen molar-refractivity contribution in [2.24, 2.45) is 5.92 Å². The molecule has 0 spiro atoms. The van der Waals surface area contributed by atoms with Gasteiger partial charge in [-0.1, -0.05) is 29.8 Å². The van der Waals surface area contributed by atoms with Crippen LogP contribution in [-0.4, -0.2) is 9.67 Å². The first-order chi connectivity index (χ1) is 8.95. The van der Waals surface area contributed by atoms with Crippen molar-refractivity contribution in [3.8, 4) is 11.8 Å². The summed E-state index contributed by atoms with van der Waals surface area (Å²) in [6.45, 7) is 4.31. The van der Waals surface area contributed by atoms with Crippen LogP contribution in [0, 0.1) is 17.2 Å². The number of aromatic nitrogens is 1. The number of halogens is 1. The zero-order valence-corrected chi connectivity index (χ0v) is 12.2. The van der Waals surface area contributed by atoms with Gasteiger partial charge >= 0.3 is 0 Å². The number of benzene rings is 1. The molecule has 0 atom stereocenters. The summed E-state index contributed by atoms with van der Waals surface area (Å²) >= 11 is 3.29. The quantitative estimate of drug-likeness (QED) is 0.925. The zero-order valence-electron chi connectivity index (χ0n) is 10.6. The molecule has 0 saturated heterocycles. The van der Waals surface area contributed by atoms with Crippen molar-refractivity contribution >= 4 is 26.7 Å². The van der Waals surface area contributed by atoms with Crippen molar-refractivity contribution in [2.45, 2.75) is 20.4 Å². The highest BCUT2D eigenvalue weighted by atomic mass is 79.9. The third-order valence-electron chi connectivity index (χ3n) is 2.86. The number of nitriles is 1. The summed E-state index contributed by atoms with van der Waals surface area (Å²) in [4.78, 5) is 12.4. The fourth-order valence-electron chi connectivity index (χ4n) is 2.05. The highest BCUT2D eigenvalue weighted by Gasteiger charge is 2.16. The Labute approximate surface area is 119 Å². The maximum atomic E-state index is 12.4. The Morgan fingerprint density at radius 1 is 1.42 bits per heavy atom. The van der Waals surface area contributed by atoms with Gasteiger partial charge < -0.3 is 5.11 Å². The second-order valence-electron chi connectivity index (χ2n) is 4.81. The summed E-state index contributed by atoms with van der Waals surface area (Å²) in [6.07, 6.45) is 0. The van der Waals surface area contributed by atoms with E-state index in [0.717, 1.165) is 4.47 Å². The largest absolute Gasteiger partial charge is 0.504 e. The molecule has 4 nitrogen and oxygen atoms in total. The lowest BCUT2D eigenvalue weighted by molar-refractivity contribution is 0.454. The Morgan fingerprint density at radius 3 is 2.68 bits per heavy atom. The average molecular weight is 321 g/mol. The number of pyridine rings is 1. The first-order valence-electron chi connectivity index (χ1n) is 5.90. The van der Waals surface area contributed by atoms with Crippen LogP contribution in [0.2, 0.25) is 0 Å². The fourth-order valence-corrected chi connectivity index (χ4v) is 2.41. The standard InChI is InChI=1S/C14H13BrN2O2/c1-8(2)7-17-12(6-16)13(18)11-5-9(15)3-4-10(11)14(17)19/h3-5,8,18H,7H2,1-2H3. The number of rotatable bonds is 2. The van der Waals surface area contributed by atoms with E-state index in [0.29, 0.717) is 17.3 Å². The minimum absolute atomic E-state index is 0.0179. The number of aromatic hydroxyl groups is 1. The first kappa shape index (κ1) is 13.6. The summed E-state index contributed by atoms with van der Waals surface area (Å²) in [5.74, 6) is 0.0659. The summed E-state index contributed by atoms with van der Waals surface area (Å²) in [5.41, 5.74) is -0.227. The van der Waals surface area contributed by atoms with Gasteiger partial charge in [0.2, 0.25) is 0 Å². The summed E-state index contributed by atoms with van der Waals surface area (Å²) < 4.78 is 2.09. The van der Waals surface area contributed by atoms with Crippen LogP contribution in [-0.2, 0) is 6.54 Å². The SMILES string of the molecule is CC(C)Cn1c(C#N)c(O)c2cc(Br)ccc2c1=O. The third kappa shape index (κ3) is 2.36. The minimum Gasteiger partial charge on any atom is -0.504 e.